The van der Waals surface area contributed by atoms with Crippen LogP contribution in [0.15, 0.2) is 0 Å². The first-order valence-corrected chi connectivity index (χ1v) is 6.05. The van der Waals surface area contributed by atoms with Crippen LogP contribution in [0.2, 0.25) is 0 Å². The lowest BCUT2D eigenvalue weighted by Crippen LogP contribution is -2.41. The second kappa shape index (κ2) is 5.50. The maximum absolute atomic E-state index is 12.0. The van der Waals surface area contributed by atoms with Crippen LogP contribution >= 0.6 is 0 Å². The summed E-state index contributed by atoms with van der Waals surface area (Å²) in [5, 5.41) is 0. The number of nitrogens with two attached hydrogens (primary N) is 1. The minimum absolute atomic E-state index is 0.0248. The van der Waals surface area contributed by atoms with Crippen molar-refractivity contribution in [3.63, 3.8) is 0 Å². The Balaban J connectivity index is 2.59. The third-order valence-electron chi connectivity index (χ3n) is 3.18. The molecule has 3 heteroatoms. The van der Waals surface area contributed by atoms with Gasteiger partial charge in [-0.1, -0.05) is 13.3 Å². The molecule has 88 valence electrons. The van der Waals surface area contributed by atoms with Crippen molar-refractivity contribution >= 4 is 5.91 Å². The molecule has 1 aliphatic heterocycles. The highest BCUT2D eigenvalue weighted by Gasteiger charge is 2.25. The van der Waals surface area contributed by atoms with Crippen LogP contribution in [0.5, 0.6) is 0 Å². The first-order chi connectivity index (χ1) is 7.00. The maximum atomic E-state index is 12.0. The predicted molar refractivity (Wildman–Crippen MR) is 62.5 cm³/mol. The average molecular weight is 212 g/mol. The van der Waals surface area contributed by atoms with Gasteiger partial charge in [0.2, 0.25) is 5.91 Å². The van der Waals surface area contributed by atoms with Crippen molar-refractivity contribution in [1.29, 1.82) is 0 Å². The van der Waals surface area contributed by atoms with Crippen molar-refractivity contribution < 1.29 is 4.79 Å². The van der Waals surface area contributed by atoms with E-state index in [2.05, 4.69) is 13.8 Å². The molecule has 0 aliphatic carbocycles. The molecule has 1 aliphatic rings. The number of likely N-dealkylation sites (tertiary alicyclic amines) is 1. The summed E-state index contributed by atoms with van der Waals surface area (Å²) in [7, 11) is 0. The number of carbonyl (C=O) groups excluding carboxylic acids is 1. The molecule has 1 saturated heterocycles. The van der Waals surface area contributed by atoms with Crippen LogP contribution in [-0.2, 0) is 4.79 Å². The lowest BCUT2D eigenvalue weighted by Gasteiger charge is -2.29. The van der Waals surface area contributed by atoms with Gasteiger partial charge < -0.3 is 10.6 Å². The van der Waals surface area contributed by atoms with Gasteiger partial charge in [-0.25, -0.2) is 0 Å². The van der Waals surface area contributed by atoms with E-state index < -0.39 is 0 Å². The van der Waals surface area contributed by atoms with E-state index in [0.717, 1.165) is 13.0 Å². The fraction of sp³-hybridized carbons (Fsp3) is 0.917. The zero-order valence-corrected chi connectivity index (χ0v) is 10.2. The molecule has 0 aromatic rings. The summed E-state index contributed by atoms with van der Waals surface area (Å²) >= 11 is 0. The highest BCUT2D eigenvalue weighted by molar-refractivity contribution is 5.77. The molecule has 0 aromatic heterocycles. The molecule has 0 aromatic carbocycles. The molecule has 1 fully saturated rings. The molecule has 3 nitrogen and oxygen atoms in total. The minimum Gasteiger partial charge on any atom is -0.340 e. The quantitative estimate of drug-likeness (QED) is 0.758. The van der Waals surface area contributed by atoms with Crippen LogP contribution in [0.3, 0.4) is 0 Å². The van der Waals surface area contributed by atoms with Crippen LogP contribution in [0.4, 0.5) is 0 Å². The number of rotatable bonds is 2. The fourth-order valence-corrected chi connectivity index (χ4v) is 2.26. The van der Waals surface area contributed by atoms with Gasteiger partial charge in [0.05, 0.1) is 0 Å². The summed E-state index contributed by atoms with van der Waals surface area (Å²) in [6.45, 7) is 7.18. The SMILES string of the molecule is CC(N)CC(=O)N1CC(C)CCCC1C. The lowest BCUT2D eigenvalue weighted by molar-refractivity contribution is -0.133. The number of amides is 1. The molecular formula is C12H24N2O. The Labute approximate surface area is 93.0 Å². The van der Waals surface area contributed by atoms with Gasteiger partial charge in [0.15, 0.2) is 0 Å². The summed E-state index contributed by atoms with van der Waals surface area (Å²) in [5.41, 5.74) is 5.67. The van der Waals surface area contributed by atoms with Gasteiger partial charge in [-0.2, -0.15) is 0 Å². The Morgan fingerprint density at radius 1 is 1.47 bits per heavy atom. The minimum atomic E-state index is -0.0248. The van der Waals surface area contributed by atoms with E-state index in [9.17, 15) is 4.79 Å². The molecule has 0 bridgehead atoms. The van der Waals surface area contributed by atoms with Gasteiger partial charge >= 0.3 is 0 Å². The molecule has 0 spiro atoms. The van der Waals surface area contributed by atoms with E-state index >= 15 is 0 Å². The van der Waals surface area contributed by atoms with Gasteiger partial charge in [0.1, 0.15) is 0 Å². The van der Waals surface area contributed by atoms with Crippen molar-refractivity contribution in [3.8, 4) is 0 Å². The topological polar surface area (TPSA) is 46.3 Å². The largest absolute Gasteiger partial charge is 0.340 e. The standard InChI is InChI=1S/C12H24N2O/c1-9-5-4-6-11(3)14(8-9)12(15)7-10(2)13/h9-11H,4-8,13H2,1-3H3. The van der Waals surface area contributed by atoms with Gasteiger partial charge in [-0.3, -0.25) is 4.79 Å². The zero-order valence-electron chi connectivity index (χ0n) is 10.2. The van der Waals surface area contributed by atoms with Gasteiger partial charge in [0, 0.05) is 25.0 Å². The van der Waals surface area contributed by atoms with E-state index in [1.165, 1.54) is 12.8 Å². The predicted octanol–water partition coefficient (Wildman–Crippen LogP) is 1.76. The molecule has 15 heavy (non-hydrogen) atoms. The third-order valence-corrected chi connectivity index (χ3v) is 3.18. The third kappa shape index (κ3) is 3.82. The smallest absolute Gasteiger partial charge is 0.224 e. The second-order valence-electron chi connectivity index (χ2n) is 5.11. The molecular weight excluding hydrogens is 188 g/mol. The van der Waals surface area contributed by atoms with E-state index in [4.69, 9.17) is 5.73 Å². The van der Waals surface area contributed by atoms with E-state index in [0.29, 0.717) is 18.4 Å². The second-order valence-corrected chi connectivity index (χ2v) is 5.11. The van der Waals surface area contributed by atoms with Crippen LogP contribution < -0.4 is 5.73 Å². The van der Waals surface area contributed by atoms with E-state index in [1.54, 1.807) is 0 Å². The van der Waals surface area contributed by atoms with Crippen LogP contribution in [0, 0.1) is 5.92 Å². The van der Waals surface area contributed by atoms with Gasteiger partial charge in [-0.05, 0) is 32.6 Å². The van der Waals surface area contributed by atoms with Crippen molar-refractivity contribution in [2.75, 3.05) is 6.54 Å². The highest BCUT2D eigenvalue weighted by Crippen LogP contribution is 2.21. The average Bonchev–Trinajstić information content (AvgIpc) is 2.27. The molecule has 0 saturated carbocycles. The molecule has 3 unspecified atom stereocenters. The van der Waals surface area contributed by atoms with Crippen molar-refractivity contribution in [1.82, 2.24) is 4.90 Å². The molecule has 1 amide bonds. The van der Waals surface area contributed by atoms with Crippen LogP contribution in [0.1, 0.15) is 46.5 Å². The number of carbonyl (C=O) groups is 1. The monoisotopic (exact) mass is 212 g/mol. The van der Waals surface area contributed by atoms with E-state index in [-0.39, 0.29) is 11.9 Å². The number of hydrogen-bond donors (Lipinski definition) is 1. The fourth-order valence-electron chi connectivity index (χ4n) is 2.26. The molecule has 3 atom stereocenters. The molecule has 1 heterocycles. The molecule has 0 radical (unpaired) electrons. The molecule has 1 rings (SSSR count). The summed E-state index contributed by atoms with van der Waals surface area (Å²) in [4.78, 5) is 14.0. The summed E-state index contributed by atoms with van der Waals surface area (Å²) in [6, 6.07) is 0.365. The van der Waals surface area contributed by atoms with Gasteiger partial charge in [-0.15, -0.1) is 0 Å². The van der Waals surface area contributed by atoms with Crippen LogP contribution in [-0.4, -0.2) is 29.4 Å². The summed E-state index contributed by atoms with van der Waals surface area (Å²) in [5.74, 6) is 0.859. The Morgan fingerprint density at radius 3 is 2.73 bits per heavy atom. The number of nitrogens with zero attached hydrogens (tertiary/aromatic N) is 1. The maximum Gasteiger partial charge on any atom is 0.224 e. The highest BCUT2D eigenvalue weighted by atomic mass is 16.2. The van der Waals surface area contributed by atoms with Gasteiger partial charge in [0.25, 0.3) is 0 Å². The van der Waals surface area contributed by atoms with Crippen molar-refractivity contribution in [3.05, 3.63) is 0 Å². The van der Waals surface area contributed by atoms with Crippen LogP contribution in [0.25, 0.3) is 0 Å². The Hall–Kier alpha value is -0.570. The Kier molecular flexibility index (Phi) is 4.58. The molecule has 2 N–H and O–H groups in total. The van der Waals surface area contributed by atoms with E-state index in [1.807, 2.05) is 11.8 Å². The summed E-state index contributed by atoms with van der Waals surface area (Å²) in [6.07, 6.45) is 4.10. The Bertz CT molecular complexity index is 216. The lowest BCUT2D eigenvalue weighted by atomic mass is 10.1. The normalized spacial score (nSPS) is 29.7. The Morgan fingerprint density at radius 2 is 2.13 bits per heavy atom. The first kappa shape index (κ1) is 12.5. The first-order valence-electron chi connectivity index (χ1n) is 6.05. The van der Waals surface area contributed by atoms with Crippen molar-refractivity contribution in [2.45, 2.75) is 58.5 Å². The number of hydrogen-bond acceptors (Lipinski definition) is 2. The zero-order chi connectivity index (χ0) is 11.4. The summed E-state index contributed by atoms with van der Waals surface area (Å²) < 4.78 is 0. The van der Waals surface area contributed by atoms with Crippen molar-refractivity contribution in [2.24, 2.45) is 11.7 Å².